The maximum absolute atomic E-state index is 14.6. The molecule has 132 valence electrons. The maximum Gasteiger partial charge on any atom is 0.405 e. The Morgan fingerprint density at radius 2 is 1.84 bits per heavy atom. The summed E-state index contributed by atoms with van der Waals surface area (Å²) in [6.07, 6.45) is -3.26. The Morgan fingerprint density at radius 1 is 1.12 bits per heavy atom. The van der Waals surface area contributed by atoms with E-state index in [9.17, 15) is 17.6 Å². The number of hydrogen-bond acceptors (Lipinski definition) is 4. The highest BCUT2D eigenvalue weighted by atomic mass is 19.4. The number of nitrogens with one attached hydrogen (secondary N) is 1. The van der Waals surface area contributed by atoms with Gasteiger partial charge in [-0.1, -0.05) is 6.07 Å². The molecule has 0 saturated carbocycles. The lowest BCUT2D eigenvalue weighted by atomic mass is 9.97. The molecule has 1 aromatic carbocycles. The molecule has 9 heteroatoms. The molecule has 0 aliphatic rings. The number of aromatic nitrogens is 4. The summed E-state index contributed by atoms with van der Waals surface area (Å²) in [5, 5.41) is 6.23. The van der Waals surface area contributed by atoms with Gasteiger partial charge in [-0.05, 0) is 38.0 Å². The zero-order chi connectivity index (χ0) is 18.4. The maximum atomic E-state index is 14.6. The van der Waals surface area contributed by atoms with Gasteiger partial charge in [-0.15, -0.1) is 0 Å². The van der Waals surface area contributed by atoms with E-state index in [2.05, 4.69) is 20.4 Å². The second kappa shape index (κ2) is 5.98. The molecule has 0 aliphatic carbocycles. The van der Waals surface area contributed by atoms with Crippen molar-refractivity contribution in [2.24, 2.45) is 0 Å². The summed E-state index contributed by atoms with van der Waals surface area (Å²) in [4.78, 5) is 8.13. The molecule has 1 N–H and O–H groups in total. The molecule has 0 fully saturated rings. The number of rotatable bonds is 3. The number of anilines is 1. The second-order valence-corrected chi connectivity index (χ2v) is 5.80. The number of nitrogens with zero attached hydrogens (tertiary/aromatic N) is 4. The van der Waals surface area contributed by atoms with Gasteiger partial charge < -0.3 is 5.32 Å². The van der Waals surface area contributed by atoms with Gasteiger partial charge >= 0.3 is 6.18 Å². The molecule has 25 heavy (non-hydrogen) atoms. The average Bonchev–Trinajstić information content (AvgIpc) is 2.92. The third-order valence-corrected chi connectivity index (χ3v) is 3.75. The van der Waals surface area contributed by atoms with Crippen LogP contribution < -0.4 is 5.32 Å². The molecular weight excluding hydrogens is 338 g/mol. The van der Waals surface area contributed by atoms with Gasteiger partial charge in [0.2, 0.25) is 0 Å². The molecule has 0 saturated heterocycles. The van der Waals surface area contributed by atoms with E-state index >= 15 is 0 Å². The quantitative estimate of drug-likeness (QED) is 0.727. The van der Waals surface area contributed by atoms with Crippen LogP contribution in [0.5, 0.6) is 0 Å². The van der Waals surface area contributed by atoms with Crippen LogP contribution in [0.15, 0.2) is 18.5 Å². The molecule has 3 rings (SSSR count). The lowest BCUT2D eigenvalue weighted by Crippen LogP contribution is -2.23. The normalized spacial score (nSPS) is 12.0. The molecule has 0 atom stereocenters. The van der Waals surface area contributed by atoms with Gasteiger partial charge in [-0.3, -0.25) is 0 Å². The fourth-order valence-electron chi connectivity index (χ4n) is 2.83. The van der Waals surface area contributed by atoms with Crippen LogP contribution in [0.2, 0.25) is 0 Å². The molecule has 5 nitrogen and oxygen atoms in total. The zero-order valence-corrected chi connectivity index (χ0v) is 13.7. The highest BCUT2D eigenvalue weighted by molar-refractivity contribution is 5.81. The smallest absolute Gasteiger partial charge is 0.360 e. The van der Waals surface area contributed by atoms with Crippen LogP contribution in [0.1, 0.15) is 16.8 Å². The molecule has 3 aromatic rings. The predicted molar refractivity (Wildman–Crippen MR) is 84.9 cm³/mol. The molecule has 2 aromatic heterocycles. The SMILES string of the molecule is Cc1cc(C)c(-c2c(C)nc3ncnn3c2NCC(F)(F)F)c(F)c1. The summed E-state index contributed by atoms with van der Waals surface area (Å²) in [5.74, 6) is -0.392. The van der Waals surface area contributed by atoms with Gasteiger partial charge in [-0.2, -0.15) is 27.8 Å². The van der Waals surface area contributed by atoms with Crippen molar-refractivity contribution >= 4 is 11.6 Å². The number of benzene rings is 1. The fourth-order valence-corrected chi connectivity index (χ4v) is 2.83. The van der Waals surface area contributed by atoms with Crippen LogP contribution in [0.3, 0.4) is 0 Å². The van der Waals surface area contributed by atoms with Crippen molar-refractivity contribution in [3.63, 3.8) is 0 Å². The fraction of sp³-hybridized carbons (Fsp3) is 0.312. The average molecular weight is 353 g/mol. The first-order chi connectivity index (χ1) is 11.7. The lowest BCUT2D eigenvalue weighted by molar-refractivity contribution is -0.115. The third kappa shape index (κ3) is 3.26. The van der Waals surface area contributed by atoms with Gasteiger partial charge in [0, 0.05) is 11.1 Å². The summed E-state index contributed by atoms with van der Waals surface area (Å²) in [6.45, 7) is 3.75. The molecule has 0 amide bonds. The molecule has 2 heterocycles. The van der Waals surface area contributed by atoms with E-state index in [1.165, 1.54) is 12.4 Å². The standard InChI is InChI=1S/C16H15F4N5/c1-8-4-9(2)12(11(17)5-8)13-10(3)24-15-22-7-23-25(15)14(13)21-6-16(18,19)20/h4-5,7,21H,6H2,1-3H3. The Labute approximate surface area is 140 Å². The minimum absolute atomic E-state index is 0.00294. The predicted octanol–water partition coefficient (Wildman–Crippen LogP) is 3.83. The van der Waals surface area contributed by atoms with Crippen molar-refractivity contribution < 1.29 is 17.6 Å². The first-order valence-corrected chi connectivity index (χ1v) is 7.45. The molecule has 0 spiro atoms. The van der Waals surface area contributed by atoms with E-state index in [1.807, 2.05) is 0 Å². The Hall–Kier alpha value is -2.71. The third-order valence-electron chi connectivity index (χ3n) is 3.75. The van der Waals surface area contributed by atoms with Gasteiger partial charge in [0.05, 0.1) is 5.69 Å². The van der Waals surface area contributed by atoms with E-state index in [0.717, 1.165) is 10.1 Å². The number of fused-ring (bicyclic) bond motifs is 1. The highest BCUT2D eigenvalue weighted by Gasteiger charge is 2.29. The highest BCUT2D eigenvalue weighted by Crippen LogP contribution is 2.36. The summed E-state index contributed by atoms with van der Waals surface area (Å²) < 4.78 is 53.9. The minimum Gasteiger partial charge on any atom is -0.360 e. The largest absolute Gasteiger partial charge is 0.405 e. The van der Waals surface area contributed by atoms with E-state index in [-0.39, 0.29) is 22.7 Å². The Balaban J connectivity index is 2.29. The summed E-state index contributed by atoms with van der Waals surface area (Å²) in [5.41, 5.74) is 2.10. The molecule has 0 bridgehead atoms. The number of aryl methyl sites for hydroxylation is 3. The topological polar surface area (TPSA) is 55.1 Å². The van der Waals surface area contributed by atoms with Crippen molar-refractivity contribution in [2.45, 2.75) is 26.9 Å². The van der Waals surface area contributed by atoms with Crippen LogP contribution in [-0.2, 0) is 0 Å². The van der Waals surface area contributed by atoms with Gasteiger partial charge in [0.15, 0.2) is 0 Å². The van der Waals surface area contributed by atoms with Crippen LogP contribution in [-0.4, -0.2) is 32.3 Å². The van der Waals surface area contributed by atoms with Crippen molar-refractivity contribution in [3.05, 3.63) is 41.1 Å². The zero-order valence-electron chi connectivity index (χ0n) is 13.7. The molecule has 0 unspecified atom stereocenters. The second-order valence-electron chi connectivity index (χ2n) is 5.80. The summed E-state index contributed by atoms with van der Waals surface area (Å²) in [7, 11) is 0. The van der Waals surface area contributed by atoms with Gasteiger partial charge in [0.1, 0.15) is 24.5 Å². The Bertz CT molecular complexity index is 923. The minimum atomic E-state index is -4.44. The monoisotopic (exact) mass is 353 g/mol. The Kier molecular flexibility index (Phi) is 4.09. The van der Waals surface area contributed by atoms with E-state index in [1.54, 1.807) is 26.8 Å². The number of alkyl halides is 3. The molecule has 0 aliphatic heterocycles. The first-order valence-electron chi connectivity index (χ1n) is 7.45. The van der Waals surface area contributed by atoms with Crippen LogP contribution >= 0.6 is 0 Å². The van der Waals surface area contributed by atoms with Crippen molar-refractivity contribution in [3.8, 4) is 11.1 Å². The first kappa shape index (κ1) is 17.1. The van der Waals surface area contributed by atoms with Crippen molar-refractivity contribution in [2.75, 3.05) is 11.9 Å². The lowest BCUT2D eigenvalue weighted by Gasteiger charge is -2.18. The summed E-state index contributed by atoms with van der Waals surface area (Å²) >= 11 is 0. The van der Waals surface area contributed by atoms with Crippen LogP contribution in [0.25, 0.3) is 16.9 Å². The van der Waals surface area contributed by atoms with Crippen molar-refractivity contribution in [1.29, 1.82) is 0 Å². The van der Waals surface area contributed by atoms with Crippen molar-refractivity contribution in [1.82, 2.24) is 19.6 Å². The van der Waals surface area contributed by atoms with Crippen LogP contribution in [0, 0.1) is 26.6 Å². The van der Waals surface area contributed by atoms with Gasteiger partial charge in [-0.25, -0.2) is 9.37 Å². The van der Waals surface area contributed by atoms with Crippen LogP contribution in [0.4, 0.5) is 23.4 Å². The van der Waals surface area contributed by atoms with E-state index in [0.29, 0.717) is 11.3 Å². The number of hydrogen-bond donors (Lipinski definition) is 1. The molecular formula is C16H15F4N5. The summed E-state index contributed by atoms with van der Waals surface area (Å²) in [6, 6.07) is 3.10. The van der Waals surface area contributed by atoms with Gasteiger partial charge in [0.25, 0.3) is 5.78 Å². The molecule has 0 radical (unpaired) electrons. The van der Waals surface area contributed by atoms with E-state index < -0.39 is 18.5 Å². The Morgan fingerprint density at radius 3 is 2.48 bits per heavy atom. The van der Waals surface area contributed by atoms with E-state index in [4.69, 9.17) is 0 Å². The number of halogens is 4.